The van der Waals surface area contributed by atoms with Crippen molar-refractivity contribution >= 4 is 17.7 Å². The molecule has 3 N–H and O–H groups in total. The van der Waals surface area contributed by atoms with E-state index in [2.05, 4.69) is 10.6 Å². The maximum atomic E-state index is 12.1. The molecule has 2 rings (SSSR count). The monoisotopic (exact) mass is 292 g/mol. The number of benzene rings is 1. The van der Waals surface area contributed by atoms with Gasteiger partial charge in [-0.05, 0) is 31.9 Å². The first-order chi connectivity index (χ1) is 9.84. The van der Waals surface area contributed by atoms with E-state index in [0.29, 0.717) is 0 Å². The zero-order chi connectivity index (χ0) is 15.6. The highest BCUT2D eigenvalue weighted by molar-refractivity contribution is 5.91. The van der Waals surface area contributed by atoms with Gasteiger partial charge in [-0.15, -0.1) is 0 Å². The molecule has 1 aliphatic rings. The lowest BCUT2D eigenvalue weighted by atomic mass is 9.85. The standard InChI is InChI=1S/C15H20N2O4/c1-9-5-4-6-10(2)12(9)17-14(20)16-11-7-21-8-15(11,3)13(18)19/h4-6,11H,7-8H2,1-3H3,(H,18,19)(H2,16,17,20). The summed E-state index contributed by atoms with van der Waals surface area (Å²) in [6, 6.07) is 4.75. The number of urea groups is 1. The van der Waals surface area contributed by atoms with E-state index in [9.17, 15) is 14.7 Å². The zero-order valence-corrected chi connectivity index (χ0v) is 12.4. The maximum absolute atomic E-state index is 12.1. The highest BCUT2D eigenvalue weighted by Crippen LogP contribution is 2.29. The number of ether oxygens (including phenoxy) is 1. The number of carbonyl (C=O) groups excluding carboxylic acids is 1. The fraction of sp³-hybridized carbons (Fsp3) is 0.467. The molecular formula is C15H20N2O4. The summed E-state index contributed by atoms with van der Waals surface area (Å²) in [6.45, 7) is 5.68. The molecule has 1 saturated heterocycles. The molecule has 2 unspecified atom stereocenters. The summed E-state index contributed by atoms with van der Waals surface area (Å²) < 4.78 is 5.21. The smallest absolute Gasteiger partial charge is 0.319 e. The fourth-order valence-corrected chi connectivity index (χ4v) is 2.40. The average molecular weight is 292 g/mol. The Labute approximate surface area is 123 Å². The molecule has 114 valence electrons. The SMILES string of the molecule is Cc1cccc(C)c1NC(=O)NC1COCC1(C)C(=O)O. The van der Waals surface area contributed by atoms with E-state index in [0.717, 1.165) is 16.8 Å². The van der Waals surface area contributed by atoms with E-state index in [1.807, 2.05) is 32.0 Å². The Morgan fingerprint density at radius 1 is 1.33 bits per heavy atom. The van der Waals surface area contributed by atoms with Crippen LogP contribution in [-0.4, -0.2) is 36.4 Å². The minimum Gasteiger partial charge on any atom is -0.481 e. The summed E-state index contributed by atoms with van der Waals surface area (Å²) >= 11 is 0. The van der Waals surface area contributed by atoms with Crippen molar-refractivity contribution in [1.29, 1.82) is 0 Å². The molecule has 1 aromatic carbocycles. The van der Waals surface area contributed by atoms with Gasteiger partial charge in [-0.2, -0.15) is 0 Å². The van der Waals surface area contributed by atoms with Crippen LogP contribution in [0.3, 0.4) is 0 Å². The fourth-order valence-electron chi connectivity index (χ4n) is 2.40. The predicted octanol–water partition coefficient (Wildman–Crippen LogP) is 1.91. The molecule has 1 aliphatic heterocycles. The molecule has 0 aromatic heterocycles. The lowest BCUT2D eigenvalue weighted by molar-refractivity contribution is -0.148. The van der Waals surface area contributed by atoms with Gasteiger partial charge in [0.05, 0.1) is 19.3 Å². The first-order valence-electron chi connectivity index (χ1n) is 6.79. The molecule has 6 heteroatoms. The van der Waals surface area contributed by atoms with Crippen molar-refractivity contribution < 1.29 is 19.4 Å². The molecule has 0 saturated carbocycles. The van der Waals surface area contributed by atoms with Crippen LogP contribution in [0.1, 0.15) is 18.1 Å². The van der Waals surface area contributed by atoms with Crippen molar-refractivity contribution in [1.82, 2.24) is 5.32 Å². The van der Waals surface area contributed by atoms with Gasteiger partial charge in [0, 0.05) is 5.69 Å². The molecule has 0 bridgehead atoms. The third-order valence-electron chi connectivity index (χ3n) is 3.97. The van der Waals surface area contributed by atoms with Crippen LogP contribution in [-0.2, 0) is 9.53 Å². The first-order valence-corrected chi connectivity index (χ1v) is 6.79. The molecule has 2 atom stereocenters. The minimum absolute atomic E-state index is 0.0939. The van der Waals surface area contributed by atoms with Crippen LogP contribution in [0.15, 0.2) is 18.2 Å². The van der Waals surface area contributed by atoms with E-state index in [1.54, 1.807) is 6.92 Å². The second-order valence-electron chi connectivity index (χ2n) is 5.66. The minimum atomic E-state index is -1.10. The number of rotatable bonds is 3. The molecular weight excluding hydrogens is 272 g/mol. The number of aliphatic carboxylic acids is 1. The van der Waals surface area contributed by atoms with Gasteiger partial charge in [0.15, 0.2) is 0 Å². The summed E-state index contributed by atoms with van der Waals surface area (Å²) in [5.41, 5.74) is 1.55. The van der Waals surface area contributed by atoms with Crippen LogP contribution < -0.4 is 10.6 Å². The summed E-state index contributed by atoms with van der Waals surface area (Å²) in [5, 5.41) is 14.8. The second-order valence-corrected chi connectivity index (χ2v) is 5.66. The molecule has 0 spiro atoms. The number of hydrogen-bond donors (Lipinski definition) is 3. The number of aryl methyl sites for hydroxylation is 2. The number of carboxylic acid groups (broad SMARTS) is 1. The summed E-state index contributed by atoms with van der Waals surface area (Å²) in [6.07, 6.45) is 0. The number of hydrogen-bond acceptors (Lipinski definition) is 3. The second kappa shape index (κ2) is 5.73. The van der Waals surface area contributed by atoms with Gasteiger partial charge >= 0.3 is 12.0 Å². The molecule has 2 amide bonds. The van der Waals surface area contributed by atoms with Crippen molar-refractivity contribution in [2.45, 2.75) is 26.8 Å². The van der Waals surface area contributed by atoms with Gasteiger partial charge in [-0.25, -0.2) is 4.79 Å². The number of amides is 2. The Hall–Kier alpha value is -2.08. The Balaban J connectivity index is 2.07. The van der Waals surface area contributed by atoms with Crippen LogP contribution in [0, 0.1) is 19.3 Å². The topological polar surface area (TPSA) is 87.7 Å². The number of carbonyl (C=O) groups is 2. The number of nitrogens with one attached hydrogen (secondary N) is 2. The van der Waals surface area contributed by atoms with Gasteiger partial charge in [-0.1, -0.05) is 18.2 Å². The summed E-state index contributed by atoms with van der Waals surface area (Å²) in [7, 11) is 0. The van der Waals surface area contributed by atoms with Crippen LogP contribution in [0.2, 0.25) is 0 Å². The predicted molar refractivity (Wildman–Crippen MR) is 78.4 cm³/mol. The highest BCUT2D eigenvalue weighted by atomic mass is 16.5. The highest BCUT2D eigenvalue weighted by Gasteiger charge is 2.47. The van der Waals surface area contributed by atoms with E-state index in [1.165, 1.54) is 0 Å². The molecule has 6 nitrogen and oxygen atoms in total. The molecule has 1 aromatic rings. The van der Waals surface area contributed by atoms with E-state index in [4.69, 9.17) is 4.74 Å². The van der Waals surface area contributed by atoms with Crippen molar-refractivity contribution in [3.63, 3.8) is 0 Å². The lowest BCUT2D eigenvalue weighted by Crippen LogP contribution is -2.50. The molecule has 0 radical (unpaired) electrons. The summed E-state index contributed by atoms with van der Waals surface area (Å²) in [4.78, 5) is 23.4. The largest absolute Gasteiger partial charge is 0.481 e. The molecule has 21 heavy (non-hydrogen) atoms. The number of anilines is 1. The maximum Gasteiger partial charge on any atom is 0.319 e. The van der Waals surface area contributed by atoms with Crippen LogP contribution in [0.5, 0.6) is 0 Å². The Bertz CT molecular complexity index is 553. The van der Waals surface area contributed by atoms with Gasteiger partial charge in [0.25, 0.3) is 0 Å². The third kappa shape index (κ3) is 3.00. The molecule has 0 aliphatic carbocycles. The van der Waals surface area contributed by atoms with Gasteiger partial charge in [-0.3, -0.25) is 4.79 Å². The van der Waals surface area contributed by atoms with E-state index < -0.39 is 23.5 Å². The number of para-hydroxylation sites is 1. The Morgan fingerprint density at radius 3 is 2.52 bits per heavy atom. The summed E-state index contributed by atoms with van der Waals surface area (Å²) in [5.74, 6) is -0.975. The molecule has 1 heterocycles. The molecule has 1 fully saturated rings. The van der Waals surface area contributed by atoms with Crippen molar-refractivity contribution in [3.05, 3.63) is 29.3 Å². The van der Waals surface area contributed by atoms with E-state index in [-0.39, 0.29) is 13.2 Å². The lowest BCUT2D eigenvalue weighted by Gasteiger charge is -2.25. The Morgan fingerprint density at radius 2 is 1.95 bits per heavy atom. The van der Waals surface area contributed by atoms with Crippen molar-refractivity contribution in [2.75, 3.05) is 18.5 Å². The van der Waals surface area contributed by atoms with Gasteiger partial charge in [0.2, 0.25) is 0 Å². The van der Waals surface area contributed by atoms with Crippen LogP contribution in [0.4, 0.5) is 10.5 Å². The number of carboxylic acids is 1. The zero-order valence-electron chi connectivity index (χ0n) is 12.4. The van der Waals surface area contributed by atoms with Crippen molar-refractivity contribution in [2.24, 2.45) is 5.41 Å². The normalized spacial score (nSPS) is 24.6. The average Bonchev–Trinajstić information content (AvgIpc) is 2.77. The quantitative estimate of drug-likeness (QED) is 0.794. The Kier molecular flexibility index (Phi) is 4.18. The van der Waals surface area contributed by atoms with Crippen LogP contribution >= 0.6 is 0 Å². The first kappa shape index (κ1) is 15.3. The van der Waals surface area contributed by atoms with Crippen LogP contribution in [0.25, 0.3) is 0 Å². The van der Waals surface area contributed by atoms with E-state index >= 15 is 0 Å². The van der Waals surface area contributed by atoms with Gasteiger partial charge < -0.3 is 20.5 Å². The third-order valence-corrected chi connectivity index (χ3v) is 3.97. The van der Waals surface area contributed by atoms with Gasteiger partial charge in [0.1, 0.15) is 5.41 Å². The van der Waals surface area contributed by atoms with Crippen molar-refractivity contribution in [3.8, 4) is 0 Å².